The SMILES string of the molecule is CCC1COC(Cn2cncn2)(c2ccc(F)cc2F)C1. The van der Waals surface area contributed by atoms with Crippen molar-refractivity contribution in [2.45, 2.75) is 31.9 Å². The average molecular weight is 293 g/mol. The molecule has 1 aliphatic rings. The van der Waals surface area contributed by atoms with E-state index in [4.69, 9.17) is 4.74 Å². The molecular weight excluding hydrogens is 276 g/mol. The Morgan fingerprint density at radius 1 is 1.43 bits per heavy atom. The molecule has 1 aliphatic heterocycles. The number of ether oxygens (including phenoxy) is 1. The van der Waals surface area contributed by atoms with Gasteiger partial charge in [0.2, 0.25) is 0 Å². The van der Waals surface area contributed by atoms with Gasteiger partial charge in [0, 0.05) is 11.6 Å². The van der Waals surface area contributed by atoms with Gasteiger partial charge in [-0.1, -0.05) is 19.4 Å². The molecule has 0 spiro atoms. The molecule has 0 aliphatic carbocycles. The molecular formula is C15H17F2N3O. The minimum absolute atomic E-state index is 0.359. The van der Waals surface area contributed by atoms with Gasteiger partial charge in [-0.2, -0.15) is 5.10 Å². The number of nitrogens with zero attached hydrogens (tertiary/aromatic N) is 3. The van der Waals surface area contributed by atoms with Gasteiger partial charge in [0.15, 0.2) is 0 Å². The second-order valence-electron chi connectivity index (χ2n) is 5.50. The highest BCUT2D eigenvalue weighted by atomic mass is 19.1. The largest absolute Gasteiger partial charge is 0.368 e. The maximum absolute atomic E-state index is 14.2. The van der Waals surface area contributed by atoms with Crippen LogP contribution < -0.4 is 0 Å². The van der Waals surface area contributed by atoms with Gasteiger partial charge in [-0.15, -0.1) is 0 Å². The molecule has 2 unspecified atom stereocenters. The first-order chi connectivity index (χ1) is 10.1. The summed E-state index contributed by atoms with van der Waals surface area (Å²) in [6.07, 6.45) is 4.65. The topological polar surface area (TPSA) is 39.9 Å². The molecule has 1 saturated heterocycles. The van der Waals surface area contributed by atoms with Crippen LogP contribution >= 0.6 is 0 Å². The third-order valence-electron chi connectivity index (χ3n) is 4.10. The van der Waals surface area contributed by atoms with Crippen LogP contribution in [-0.2, 0) is 16.9 Å². The monoisotopic (exact) mass is 293 g/mol. The van der Waals surface area contributed by atoms with E-state index in [9.17, 15) is 8.78 Å². The van der Waals surface area contributed by atoms with Crippen molar-refractivity contribution < 1.29 is 13.5 Å². The van der Waals surface area contributed by atoms with Crippen LogP contribution in [0, 0.1) is 17.6 Å². The van der Waals surface area contributed by atoms with Gasteiger partial charge in [0.05, 0.1) is 13.2 Å². The predicted octanol–water partition coefficient (Wildman–Crippen LogP) is 2.90. The Morgan fingerprint density at radius 2 is 2.29 bits per heavy atom. The Bertz CT molecular complexity index is 617. The molecule has 112 valence electrons. The summed E-state index contributed by atoms with van der Waals surface area (Å²) in [5.74, 6) is -0.804. The number of benzene rings is 1. The van der Waals surface area contributed by atoms with E-state index in [1.807, 2.05) is 0 Å². The summed E-state index contributed by atoms with van der Waals surface area (Å²) in [6, 6.07) is 3.64. The van der Waals surface area contributed by atoms with E-state index in [1.165, 1.54) is 18.5 Å². The van der Waals surface area contributed by atoms with Crippen molar-refractivity contribution >= 4 is 0 Å². The highest BCUT2D eigenvalue weighted by molar-refractivity contribution is 5.26. The van der Waals surface area contributed by atoms with Crippen molar-refractivity contribution in [1.82, 2.24) is 14.8 Å². The van der Waals surface area contributed by atoms with Gasteiger partial charge in [-0.25, -0.2) is 18.4 Å². The van der Waals surface area contributed by atoms with Crippen LogP contribution in [0.25, 0.3) is 0 Å². The highest BCUT2D eigenvalue weighted by Crippen LogP contribution is 2.42. The maximum Gasteiger partial charge on any atom is 0.137 e. The highest BCUT2D eigenvalue weighted by Gasteiger charge is 2.43. The molecule has 21 heavy (non-hydrogen) atoms. The van der Waals surface area contributed by atoms with E-state index in [2.05, 4.69) is 17.0 Å². The first-order valence-corrected chi connectivity index (χ1v) is 7.05. The zero-order chi connectivity index (χ0) is 14.9. The second kappa shape index (κ2) is 5.52. The summed E-state index contributed by atoms with van der Waals surface area (Å²) in [4.78, 5) is 3.91. The third kappa shape index (κ3) is 2.68. The van der Waals surface area contributed by atoms with Crippen LogP contribution in [0.5, 0.6) is 0 Å². The molecule has 1 aromatic carbocycles. The second-order valence-corrected chi connectivity index (χ2v) is 5.50. The van der Waals surface area contributed by atoms with Crippen LogP contribution in [0.1, 0.15) is 25.3 Å². The number of rotatable bonds is 4. The van der Waals surface area contributed by atoms with Crippen LogP contribution in [0.2, 0.25) is 0 Å². The summed E-state index contributed by atoms with van der Waals surface area (Å²) in [5, 5.41) is 4.08. The number of aromatic nitrogens is 3. The molecule has 1 fully saturated rings. The van der Waals surface area contributed by atoms with Crippen LogP contribution in [0.4, 0.5) is 8.78 Å². The minimum Gasteiger partial charge on any atom is -0.368 e. The van der Waals surface area contributed by atoms with Crippen molar-refractivity contribution in [2.75, 3.05) is 6.61 Å². The quantitative estimate of drug-likeness (QED) is 0.870. The predicted molar refractivity (Wildman–Crippen MR) is 72.4 cm³/mol. The van der Waals surface area contributed by atoms with Crippen LogP contribution in [0.3, 0.4) is 0 Å². The van der Waals surface area contributed by atoms with E-state index in [0.29, 0.717) is 31.1 Å². The lowest BCUT2D eigenvalue weighted by Gasteiger charge is -2.29. The van der Waals surface area contributed by atoms with E-state index in [0.717, 1.165) is 12.5 Å². The molecule has 1 aromatic heterocycles. The summed E-state index contributed by atoms with van der Waals surface area (Å²) in [7, 11) is 0. The smallest absolute Gasteiger partial charge is 0.137 e. The van der Waals surface area contributed by atoms with Crippen molar-refractivity contribution in [3.05, 3.63) is 48.1 Å². The van der Waals surface area contributed by atoms with E-state index < -0.39 is 17.2 Å². The zero-order valence-electron chi connectivity index (χ0n) is 11.8. The summed E-state index contributed by atoms with van der Waals surface area (Å²) < 4.78 is 35.0. The standard InChI is InChI=1S/C15H17F2N3O/c1-2-11-6-15(21-7-11,8-20-10-18-9-19-20)13-4-3-12(16)5-14(13)17/h3-5,9-11H,2,6-8H2,1H3. The van der Waals surface area contributed by atoms with Gasteiger partial charge < -0.3 is 4.74 Å². The first kappa shape index (κ1) is 14.1. The lowest BCUT2D eigenvalue weighted by Crippen LogP contribution is -2.32. The molecule has 0 radical (unpaired) electrons. The Morgan fingerprint density at radius 3 is 2.90 bits per heavy atom. The van der Waals surface area contributed by atoms with Crippen molar-refractivity contribution in [1.29, 1.82) is 0 Å². The number of hydrogen-bond donors (Lipinski definition) is 0. The van der Waals surface area contributed by atoms with Crippen LogP contribution in [-0.4, -0.2) is 21.4 Å². The molecule has 0 bridgehead atoms. The molecule has 0 amide bonds. The lowest BCUT2D eigenvalue weighted by molar-refractivity contribution is -0.0204. The Hall–Kier alpha value is -1.82. The lowest BCUT2D eigenvalue weighted by atomic mass is 9.86. The molecule has 0 saturated carbocycles. The van der Waals surface area contributed by atoms with Crippen molar-refractivity contribution in [3.8, 4) is 0 Å². The number of hydrogen-bond acceptors (Lipinski definition) is 3. The van der Waals surface area contributed by atoms with Gasteiger partial charge in [-0.3, -0.25) is 0 Å². The van der Waals surface area contributed by atoms with E-state index >= 15 is 0 Å². The molecule has 2 atom stereocenters. The molecule has 3 rings (SSSR count). The van der Waals surface area contributed by atoms with E-state index in [1.54, 1.807) is 11.0 Å². The first-order valence-electron chi connectivity index (χ1n) is 7.05. The summed E-state index contributed by atoms with van der Waals surface area (Å²) >= 11 is 0. The summed E-state index contributed by atoms with van der Waals surface area (Å²) in [6.45, 7) is 3.02. The van der Waals surface area contributed by atoms with E-state index in [-0.39, 0.29) is 0 Å². The van der Waals surface area contributed by atoms with Gasteiger partial charge in [0.1, 0.15) is 29.9 Å². The fourth-order valence-corrected chi connectivity index (χ4v) is 2.94. The normalized spacial score (nSPS) is 25.4. The fourth-order valence-electron chi connectivity index (χ4n) is 2.94. The average Bonchev–Trinajstić information content (AvgIpc) is 3.09. The minimum atomic E-state index is -0.813. The zero-order valence-corrected chi connectivity index (χ0v) is 11.8. The van der Waals surface area contributed by atoms with Gasteiger partial charge in [0.25, 0.3) is 0 Å². The molecule has 4 nitrogen and oxygen atoms in total. The van der Waals surface area contributed by atoms with Crippen molar-refractivity contribution in [2.24, 2.45) is 5.92 Å². The fraction of sp³-hybridized carbons (Fsp3) is 0.467. The molecule has 2 heterocycles. The Labute approximate surface area is 121 Å². The Kier molecular flexibility index (Phi) is 3.71. The number of halogens is 2. The summed E-state index contributed by atoms with van der Waals surface area (Å²) in [5.41, 5.74) is -0.429. The van der Waals surface area contributed by atoms with Gasteiger partial charge >= 0.3 is 0 Å². The molecule has 0 N–H and O–H groups in total. The Balaban J connectivity index is 1.99. The third-order valence-corrected chi connectivity index (χ3v) is 4.10. The van der Waals surface area contributed by atoms with Crippen molar-refractivity contribution in [3.63, 3.8) is 0 Å². The molecule has 2 aromatic rings. The maximum atomic E-state index is 14.2. The van der Waals surface area contributed by atoms with Crippen LogP contribution in [0.15, 0.2) is 30.9 Å². The van der Waals surface area contributed by atoms with Gasteiger partial charge in [-0.05, 0) is 18.4 Å². The molecule has 6 heteroatoms.